The molecule has 502 valence electrons. The van der Waals surface area contributed by atoms with Crippen molar-refractivity contribution in [2.24, 2.45) is 17.3 Å². The molecule has 2 amide bonds. The van der Waals surface area contributed by atoms with Crippen LogP contribution in [0.3, 0.4) is 0 Å². The van der Waals surface area contributed by atoms with Crippen molar-refractivity contribution >= 4 is 83.6 Å². The zero-order valence-electron chi connectivity index (χ0n) is 53.0. The zero-order valence-corrected chi connectivity index (χ0v) is 53.0. The van der Waals surface area contributed by atoms with Gasteiger partial charge in [0, 0.05) is 126 Å². The number of hydrogen-bond acceptors (Lipinski definition) is 31. The van der Waals surface area contributed by atoms with Crippen LogP contribution in [0.15, 0.2) is 0 Å². The van der Waals surface area contributed by atoms with Crippen LogP contribution in [-0.4, -0.2) is 201 Å². The van der Waals surface area contributed by atoms with Crippen molar-refractivity contribution < 1.29 is 139 Å². The highest BCUT2D eigenvalue weighted by molar-refractivity contribution is 5.85. The largest absolute Gasteiger partial charge is 0.462 e. The molecule has 0 aromatic heterocycles. The van der Waals surface area contributed by atoms with Gasteiger partial charge in [0.05, 0.1) is 0 Å². The molecule has 14 atom stereocenters. The Balaban J connectivity index is 8.76. The van der Waals surface area contributed by atoms with Crippen molar-refractivity contribution in [3.05, 3.63) is 0 Å². The molecule has 33 heteroatoms. The van der Waals surface area contributed by atoms with Crippen LogP contribution in [0, 0.1) is 17.3 Å². The van der Waals surface area contributed by atoms with Crippen molar-refractivity contribution in [2.75, 3.05) is 39.6 Å². The van der Waals surface area contributed by atoms with E-state index in [9.17, 15) is 72.3 Å². The summed E-state index contributed by atoms with van der Waals surface area (Å²) in [5.41, 5.74) is -0.825. The standard InChI is InChI=1S/C55H88N4O29/c1-19-42(78-31(6)62)46(82-35(10)66)48(84-37(12)68)49(85-38(13)69)51(72)57-24-55(25-58-53(73)88-54(16,17)18,20-41(59-74)27(2)45(81-34(9)65)28(3)43(79-32(7)63)21-75-29(4)60)23-56-26-77-52(87-40(15)71)50(86-39(14)70)47(83-36(11)67)44(80-33(8)64)22-76-30(5)61/h27-28,41-50,52,56,59,74H,19-26H2,1-18H3,(H,57,72)(H,58,73). The lowest BCUT2D eigenvalue weighted by atomic mass is 9.75. The predicted octanol–water partition coefficient (Wildman–Crippen LogP) is 0.998. The van der Waals surface area contributed by atoms with Gasteiger partial charge < -0.3 is 82.2 Å². The molecule has 0 fully saturated rings. The van der Waals surface area contributed by atoms with Crippen LogP contribution in [0.4, 0.5) is 4.79 Å². The van der Waals surface area contributed by atoms with Crippen LogP contribution in [0.2, 0.25) is 0 Å². The Hall–Kier alpha value is -7.78. The summed E-state index contributed by atoms with van der Waals surface area (Å²) in [4.78, 5) is 179. The minimum absolute atomic E-state index is 0.131. The molecule has 0 aromatic rings. The molecule has 0 aliphatic heterocycles. The van der Waals surface area contributed by atoms with Crippen LogP contribution in [0.5, 0.6) is 0 Å². The molecular formula is C55H88N4O29. The Morgan fingerprint density at radius 1 is 0.432 bits per heavy atom. The maximum atomic E-state index is 14.9. The topological polar surface area (TPSA) is 437 Å². The molecule has 0 aliphatic rings. The van der Waals surface area contributed by atoms with E-state index < -0.39 is 220 Å². The Kier molecular flexibility index (Phi) is 35.7. The van der Waals surface area contributed by atoms with E-state index in [0.29, 0.717) is 0 Å². The van der Waals surface area contributed by atoms with E-state index in [1.54, 1.807) is 0 Å². The number of ether oxygens (including phenoxy) is 14. The lowest BCUT2D eigenvalue weighted by molar-refractivity contribution is -0.242. The molecule has 5 N–H and O–H groups in total. The maximum Gasteiger partial charge on any atom is 0.407 e. The third-order valence-electron chi connectivity index (χ3n) is 12.1. The van der Waals surface area contributed by atoms with Gasteiger partial charge in [0.2, 0.25) is 18.5 Å². The molecule has 0 aliphatic carbocycles. The number of alkyl carbamates (subject to hydrolysis) is 1. The van der Waals surface area contributed by atoms with Gasteiger partial charge in [-0.3, -0.25) is 67.6 Å². The molecule has 0 spiro atoms. The Morgan fingerprint density at radius 3 is 1.26 bits per heavy atom. The molecule has 0 radical (unpaired) electrons. The predicted molar refractivity (Wildman–Crippen MR) is 294 cm³/mol. The quantitative estimate of drug-likeness (QED) is 0.0189. The highest BCUT2D eigenvalue weighted by Crippen LogP contribution is 2.33. The number of carbonyl (C=O) groups excluding carboxylic acids is 14. The smallest absolute Gasteiger partial charge is 0.407 e. The highest BCUT2D eigenvalue weighted by Gasteiger charge is 2.49. The van der Waals surface area contributed by atoms with Crippen molar-refractivity contribution in [3.63, 3.8) is 0 Å². The number of amides is 2. The number of rotatable bonds is 38. The SMILES string of the molecule is CCC(OC(C)=O)C(OC(C)=O)C(OC(C)=O)C(OC(C)=O)C(=O)NCC(CNCOC(OC(C)=O)C(OC(C)=O)C(OC(C)=O)C(COC(C)=O)OC(C)=O)(CNC(=O)OC(C)(C)C)CC(NO)C(C)C(OC(C)=O)C(C)C(COC(C)=O)OC(C)=O. The molecule has 0 saturated carbocycles. The van der Waals surface area contributed by atoms with Gasteiger partial charge in [0.1, 0.15) is 43.9 Å². The lowest BCUT2D eigenvalue weighted by Crippen LogP contribution is -2.59. The molecule has 0 rings (SSSR count). The average molecular weight is 1270 g/mol. The Bertz CT molecular complexity index is 2400. The zero-order chi connectivity index (χ0) is 68.0. The van der Waals surface area contributed by atoms with Crippen LogP contribution in [0.1, 0.15) is 137 Å². The van der Waals surface area contributed by atoms with Crippen molar-refractivity contribution in [1.29, 1.82) is 0 Å². The second-order valence-electron chi connectivity index (χ2n) is 21.3. The fraction of sp³-hybridized carbons (Fsp3) is 0.745. The van der Waals surface area contributed by atoms with Gasteiger partial charge in [-0.1, -0.05) is 20.8 Å². The van der Waals surface area contributed by atoms with E-state index in [1.807, 2.05) is 0 Å². The van der Waals surface area contributed by atoms with Crippen LogP contribution >= 0.6 is 0 Å². The first-order valence-electron chi connectivity index (χ1n) is 27.6. The van der Waals surface area contributed by atoms with E-state index in [4.69, 9.17) is 66.3 Å². The summed E-state index contributed by atoms with van der Waals surface area (Å²) < 4.78 is 76.6. The van der Waals surface area contributed by atoms with E-state index in [-0.39, 0.29) is 6.42 Å². The van der Waals surface area contributed by atoms with Gasteiger partial charge in [-0.25, -0.2) is 10.3 Å². The second-order valence-corrected chi connectivity index (χ2v) is 21.3. The fourth-order valence-corrected chi connectivity index (χ4v) is 8.72. The first kappa shape index (κ1) is 80.2. The van der Waals surface area contributed by atoms with Gasteiger partial charge in [-0.05, 0) is 33.6 Å². The van der Waals surface area contributed by atoms with Gasteiger partial charge in [-0.2, -0.15) is 0 Å². The number of hydrogen-bond donors (Lipinski definition) is 5. The van der Waals surface area contributed by atoms with Gasteiger partial charge in [-0.15, -0.1) is 0 Å². The molecule has 88 heavy (non-hydrogen) atoms. The van der Waals surface area contributed by atoms with Crippen molar-refractivity contribution in [3.8, 4) is 0 Å². The van der Waals surface area contributed by atoms with Gasteiger partial charge in [0.25, 0.3) is 5.91 Å². The summed E-state index contributed by atoms with van der Waals surface area (Å²) in [5, 5.41) is 19.3. The van der Waals surface area contributed by atoms with Crippen molar-refractivity contribution in [1.82, 2.24) is 21.4 Å². The van der Waals surface area contributed by atoms with Crippen LogP contribution in [0.25, 0.3) is 0 Å². The molecule has 14 unspecified atom stereocenters. The van der Waals surface area contributed by atoms with Crippen LogP contribution in [-0.2, 0) is 129 Å². The number of carbonyl (C=O) groups is 14. The van der Waals surface area contributed by atoms with E-state index in [1.165, 1.54) is 41.5 Å². The lowest BCUT2D eigenvalue weighted by Gasteiger charge is -2.42. The third-order valence-corrected chi connectivity index (χ3v) is 12.1. The Labute approximate surface area is 509 Å². The van der Waals surface area contributed by atoms with Gasteiger partial charge in [0.15, 0.2) is 24.4 Å². The molecule has 0 aromatic carbocycles. The number of esters is 12. The molecule has 0 bridgehead atoms. The first-order valence-corrected chi connectivity index (χ1v) is 27.6. The normalized spacial score (nSPS) is 16.3. The van der Waals surface area contributed by atoms with Crippen LogP contribution < -0.4 is 21.4 Å². The molecule has 0 heterocycles. The molecular weight excluding hydrogens is 1180 g/mol. The summed E-state index contributed by atoms with van der Waals surface area (Å²) in [6.45, 7) is 16.6. The first-order chi connectivity index (χ1) is 40.7. The summed E-state index contributed by atoms with van der Waals surface area (Å²) in [6.07, 6.45) is -19.9. The minimum Gasteiger partial charge on any atom is -0.462 e. The average Bonchev–Trinajstić information content (AvgIpc) is 3.60. The summed E-state index contributed by atoms with van der Waals surface area (Å²) >= 11 is 0. The summed E-state index contributed by atoms with van der Waals surface area (Å²) in [5.74, 6) is -15.3. The van der Waals surface area contributed by atoms with Gasteiger partial charge >= 0.3 is 77.7 Å². The maximum absolute atomic E-state index is 14.9. The second kappa shape index (κ2) is 39.2. The molecule has 0 saturated heterocycles. The van der Waals surface area contributed by atoms with E-state index in [2.05, 4.69) is 21.4 Å². The van der Waals surface area contributed by atoms with E-state index >= 15 is 0 Å². The summed E-state index contributed by atoms with van der Waals surface area (Å²) in [7, 11) is 0. The minimum atomic E-state index is -2.26. The van der Waals surface area contributed by atoms with E-state index in [0.717, 1.165) is 83.1 Å². The number of nitrogens with one attached hydrogen (secondary N) is 4. The monoisotopic (exact) mass is 1270 g/mol. The van der Waals surface area contributed by atoms with Crippen molar-refractivity contribution in [2.45, 2.75) is 210 Å². The number of hydroxylamine groups is 1. The Morgan fingerprint density at radius 2 is 0.830 bits per heavy atom. The third kappa shape index (κ3) is 32.3. The molecule has 33 nitrogen and oxygen atoms in total. The fourth-order valence-electron chi connectivity index (χ4n) is 8.72. The summed E-state index contributed by atoms with van der Waals surface area (Å²) in [6, 6.07) is -1.39. The highest BCUT2D eigenvalue weighted by atomic mass is 16.7.